The number of amides is 5. The van der Waals surface area contributed by atoms with Gasteiger partial charge >= 0.3 is 6.03 Å². The van der Waals surface area contributed by atoms with E-state index in [1.54, 1.807) is 0 Å². The van der Waals surface area contributed by atoms with E-state index in [4.69, 9.17) is 6.42 Å². The number of hydrogen-bond donors (Lipinski definition) is 4. The molecule has 274 valence electrons. The molecule has 0 spiro atoms. The average Bonchev–Trinajstić information content (AvgIpc) is 3.31. The van der Waals surface area contributed by atoms with Crippen LogP contribution in [0.2, 0.25) is 0 Å². The van der Waals surface area contributed by atoms with E-state index in [0.29, 0.717) is 13.0 Å². The van der Waals surface area contributed by atoms with Gasteiger partial charge < -0.3 is 26.2 Å². The second-order valence-corrected chi connectivity index (χ2v) is 18.4. The van der Waals surface area contributed by atoms with E-state index in [9.17, 15) is 32.4 Å². The molecule has 4 N–H and O–H groups in total. The van der Waals surface area contributed by atoms with E-state index in [2.05, 4.69) is 33.8 Å². The number of ketones is 1. The molecule has 0 aromatic rings. The summed E-state index contributed by atoms with van der Waals surface area (Å²) in [5, 5.41) is 10.9. The van der Waals surface area contributed by atoms with Gasteiger partial charge in [0.25, 0.3) is 5.91 Å². The Morgan fingerprint density at radius 3 is 2.22 bits per heavy atom. The molecule has 3 aliphatic rings. The number of nitrogens with zero attached hydrogens (tertiary/aromatic N) is 2. The SMILES string of the molecule is C#CCCC(NC(=O)[C@@H]1[C@@H]2[C@H](CN1C(=O)[C@@H](NC(=O)N[C@H](CN1CCCCS1(=O)=O)C(C)(C)C)C(C)(C)C)C2(C)C)C(=O)C(=O)NCC=C. The lowest BCUT2D eigenvalue weighted by Crippen LogP contribution is -2.63. The third kappa shape index (κ3) is 9.42. The van der Waals surface area contributed by atoms with Crippen LogP contribution in [0.1, 0.15) is 81.1 Å². The van der Waals surface area contributed by atoms with E-state index in [1.807, 2.05) is 55.4 Å². The number of rotatable bonds is 13. The van der Waals surface area contributed by atoms with Crippen LogP contribution >= 0.6 is 0 Å². The molecule has 3 rings (SSSR count). The van der Waals surface area contributed by atoms with Crippen LogP contribution in [0.15, 0.2) is 12.7 Å². The lowest BCUT2D eigenvalue weighted by molar-refractivity contribution is -0.145. The van der Waals surface area contributed by atoms with Crippen LogP contribution in [0, 0.1) is 40.4 Å². The molecular weight excluding hydrogens is 648 g/mol. The second-order valence-electron chi connectivity index (χ2n) is 16.3. The van der Waals surface area contributed by atoms with E-state index < -0.39 is 74.6 Å². The third-order valence-electron chi connectivity index (χ3n) is 10.2. The van der Waals surface area contributed by atoms with Crippen LogP contribution < -0.4 is 21.3 Å². The van der Waals surface area contributed by atoms with Crippen LogP contribution in [0.5, 0.6) is 0 Å². The number of fused-ring (bicyclic) bond motifs is 1. The molecule has 3 fully saturated rings. The zero-order valence-corrected chi connectivity index (χ0v) is 31.2. The molecular formula is C35H56N6O7S. The topological polar surface area (TPSA) is 174 Å². The first-order chi connectivity index (χ1) is 22.6. The Morgan fingerprint density at radius 2 is 1.67 bits per heavy atom. The fraction of sp³-hybridized carbons (Fsp3) is 0.743. The summed E-state index contributed by atoms with van der Waals surface area (Å²) in [4.78, 5) is 68.9. The molecule has 14 heteroatoms. The summed E-state index contributed by atoms with van der Waals surface area (Å²) < 4.78 is 26.9. The molecule has 49 heavy (non-hydrogen) atoms. The highest BCUT2D eigenvalue weighted by atomic mass is 32.2. The Hall–Kier alpha value is -3.44. The number of carbonyl (C=O) groups is 5. The number of hydrogen-bond acceptors (Lipinski definition) is 7. The Morgan fingerprint density at radius 1 is 1.02 bits per heavy atom. The Kier molecular flexibility index (Phi) is 12.4. The Balaban J connectivity index is 1.83. The van der Waals surface area contributed by atoms with Gasteiger partial charge in [-0.05, 0) is 47.3 Å². The molecule has 1 unspecified atom stereocenters. The highest BCUT2D eigenvalue weighted by molar-refractivity contribution is 7.89. The first-order valence-corrected chi connectivity index (χ1v) is 18.7. The summed E-state index contributed by atoms with van der Waals surface area (Å²) >= 11 is 0. The highest BCUT2D eigenvalue weighted by Gasteiger charge is 2.70. The third-order valence-corrected chi connectivity index (χ3v) is 12.1. The van der Waals surface area contributed by atoms with Crippen LogP contribution in [-0.4, -0.2) is 103 Å². The standard InChI is InChI=1S/C35H56N6O7S/c1-11-13-16-23(27(42)30(44)36-17-12-2)37-29(43)26-25-22(35(25,9)10)20-41(26)31(45)28(34(6,7)8)39-32(46)38-24(33(3,4)5)21-40-18-14-15-19-49(40,47)48/h1,12,22-26,28H,2,13-21H2,3-10H3,(H,36,44)(H,37,43)(H2,38,39,46)/t22-,23?,24+,25-,26-,28+/m0/s1. The van der Waals surface area contributed by atoms with Crippen LogP contribution in [-0.2, 0) is 29.2 Å². The summed E-state index contributed by atoms with van der Waals surface area (Å²) in [7, 11) is -3.43. The molecule has 0 bridgehead atoms. The number of Topliss-reactive ketones (excluding diaryl/α,β-unsaturated/α-hetero) is 1. The quantitative estimate of drug-likeness (QED) is 0.129. The smallest absolute Gasteiger partial charge is 0.315 e. The monoisotopic (exact) mass is 704 g/mol. The molecule has 5 amide bonds. The molecule has 2 saturated heterocycles. The van der Waals surface area contributed by atoms with Gasteiger partial charge in [-0.1, -0.05) is 61.5 Å². The van der Waals surface area contributed by atoms with Crippen LogP contribution in [0.3, 0.4) is 0 Å². The number of terminal acetylenes is 1. The number of piperidine rings is 1. The van der Waals surface area contributed by atoms with Gasteiger partial charge in [-0.25, -0.2) is 13.2 Å². The second kappa shape index (κ2) is 15.2. The van der Waals surface area contributed by atoms with Crippen molar-refractivity contribution >= 4 is 39.6 Å². The largest absolute Gasteiger partial charge is 0.346 e. The fourth-order valence-electron chi connectivity index (χ4n) is 6.91. The van der Waals surface area contributed by atoms with E-state index in [-0.39, 0.29) is 55.5 Å². The number of urea groups is 1. The Labute approximate surface area is 292 Å². The number of sulfonamides is 1. The van der Waals surface area contributed by atoms with E-state index in [0.717, 1.165) is 6.42 Å². The molecule has 0 aromatic carbocycles. The van der Waals surface area contributed by atoms with Crippen molar-refractivity contribution in [1.82, 2.24) is 30.5 Å². The van der Waals surface area contributed by atoms with E-state index in [1.165, 1.54) is 15.3 Å². The minimum Gasteiger partial charge on any atom is -0.346 e. The van der Waals surface area contributed by atoms with Gasteiger partial charge in [-0.15, -0.1) is 18.9 Å². The maximum atomic E-state index is 14.4. The van der Waals surface area contributed by atoms with Gasteiger partial charge in [0.15, 0.2) is 0 Å². The number of carbonyl (C=O) groups excluding carboxylic acids is 5. The Bertz CT molecular complexity index is 1460. The molecule has 1 aliphatic carbocycles. The minimum absolute atomic E-state index is 0.0224. The molecule has 13 nitrogen and oxygen atoms in total. The van der Waals surface area contributed by atoms with Crippen molar-refractivity contribution < 1.29 is 32.4 Å². The normalized spacial score (nSPS) is 24.6. The van der Waals surface area contributed by atoms with Crippen molar-refractivity contribution in [3.05, 3.63) is 12.7 Å². The summed E-state index contributed by atoms with van der Waals surface area (Å²) in [6.45, 7) is 19.6. The van der Waals surface area contributed by atoms with Crippen LogP contribution in [0.25, 0.3) is 0 Å². The summed E-state index contributed by atoms with van der Waals surface area (Å²) in [6, 6.07) is -4.36. The molecule has 2 aliphatic heterocycles. The van der Waals surface area contributed by atoms with Crippen molar-refractivity contribution in [2.24, 2.45) is 28.1 Å². The van der Waals surface area contributed by atoms with Crippen molar-refractivity contribution in [2.75, 3.05) is 31.9 Å². The zero-order chi connectivity index (χ0) is 37.1. The zero-order valence-electron chi connectivity index (χ0n) is 30.4. The molecule has 0 aromatic heterocycles. The van der Waals surface area contributed by atoms with Crippen molar-refractivity contribution in [2.45, 2.75) is 105 Å². The van der Waals surface area contributed by atoms with Gasteiger partial charge in [0, 0.05) is 38.6 Å². The van der Waals surface area contributed by atoms with Crippen molar-refractivity contribution in [1.29, 1.82) is 0 Å². The minimum atomic E-state index is -3.43. The van der Waals surface area contributed by atoms with Gasteiger partial charge in [0.2, 0.25) is 27.6 Å². The summed E-state index contributed by atoms with van der Waals surface area (Å²) in [6.07, 6.45) is 8.39. The lowest BCUT2D eigenvalue weighted by Gasteiger charge is -2.39. The van der Waals surface area contributed by atoms with Crippen molar-refractivity contribution in [3.63, 3.8) is 0 Å². The molecule has 6 atom stereocenters. The number of nitrogens with one attached hydrogen (secondary N) is 4. The lowest BCUT2D eigenvalue weighted by atomic mass is 9.85. The van der Waals surface area contributed by atoms with Gasteiger partial charge in [0.05, 0.1) is 11.8 Å². The first-order valence-electron chi connectivity index (χ1n) is 17.1. The summed E-state index contributed by atoms with van der Waals surface area (Å²) in [5.41, 5.74) is -1.53. The van der Waals surface area contributed by atoms with Gasteiger partial charge in [-0.3, -0.25) is 19.2 Å². The summed E-state index contributed by atoms with van der Waals surface area (Å²) in [5.74, 6) is -0.394. The van der Waals surface area contributed by atoms with Gasteiger partial charge in [-0.2, -0.15) is 4.31 Å². The van der Waals surface area contributed by atoms with E-state index >= 15 is 0 Å². The predicted octanol–water partition coefficient (Wildman–Crippen LogP) is 1.79. The van der Waals surface area contributed by atoms with Crippen LogP contribution in [0.4, 0.5) is 4.79 Å². The molecule has 0 radical (unpaired) electrons. The first kappa shape index (κ1) is 40.0. The highest BCUT2D eigenvalue weighted by Crippen LogP contribution is 2.65. The maximum absolute atomic E-state index is 14.4. The average molecular weight is 705 g/mol. The molecule has 1 saturated carbocycles. The molecule has 2 heterocycles. The maximum Gasteiger partial charge on any atom is 0.315 e. The number of likely N-dealkylation sites (tertiary alicyclic amines) is 1. The van der Waals surface area contributed by atoms with Crippen molar-refractivity contribution in [3.8, 4) is 12.3 Å². The fourth-order valence-corrected chi connectivity index (χ4v) is 8.52. The predicted molar refractivity (Wildman–Crippen MR) is 187 cm³/mol. The van der Waals surface area contributed by atoms with Gasteiger partial charge in [0.1, 0.15) is 12.1 Å².